The van der Waals surface area contributed by atoms with Crippen molar-refractivity contribution in [1.82, 2.24) is 9.88 Å². The Hall–Kier alpha value is -1.53. The topological polar surface area (TPSA) is 68.5 Å². The second-order valence-corrected chi connectivity index (χ2v) is 3.85. The van der Waals surface area contributed by atoms with E-state index in [0.717, 1.165) is 6.20 Å². The predicted molar refractivity (Wildman–Crippen MR) is 58.5 cm³/mol. The third-order valence-corrected chi connectivity index (χ3v) is 2.71. The highest BCUT2D eigenvalue weighted by atomic mass is 19.1. The van der Waals surface area contributed by atoms with Gasteiger partial charge in [-0.2, -0.15) is 0 Å². The molecule has 2 N–H and O–H groups in total. The highest BCUT2D eigenvalue weighted by Crippen LogP contribution is 2.19. The van der Waals surface area contributed by atoms with E-state index in [2.05, 4.69) is 4.98 Å². The second kappa shape index (κ2) is 5.20. The van der Waals surface area contributed by atoms with E-state index >= 15 is 0 Å². The number of ether oxygens (including phenoxy) is 1. The molecule has 2 heterocycles. The van der Waals surface area contributed by atoms with Gasteiger partial charge in [-0.15, -0.1) is 0 Å². The molecule has 1 atom stereocenters. The Morgan fingerprint density at radius 1 is 1.47 bits per heavy atom. The molecule has 17 heavy (non-hydrogen) atoms. The maximum absolute atomic E-state index is 12.8. The molecule has 2 rings (SSSR count). The van der Waals surface area contributed by atoms with Gasteiger partial charge in [-0.3, -0.25) is 14.7 Å². The fourth-order valence-corrected chi connectivity index (χ4v) is 1.90. The molecule has 1 unspecified atom stereocenters. The largest absolute Gasteiger partial charge is 0.379 e. The molecule has 1 aromatic rings. The number of carbonyl (C=O) groups excluding carboxylic acids is 1. The first-order chi connectivity index (χ1) is 8.18. The Bertz CT molecular complexity index is 390. The first-order valence-electron chi connectivity index (χ1n) is 5.41. The van der Waals surface area contributed by atoms with Gasteiger partial charge in [0, 0.05) is 13.1 Å². The van der Waals surface area contributed by atoms with Gasteiger partial charge in [0.05, 0.1) is 25.1 Å². The molecule has 6 heteroatoms. The molecule has 0 spiro atoms. The fourth-order valence-electron chi connectivity index (χ4n) is 1.90. The summed E-state index contributed by atoms with van der Waals surface area (Å²) in [6.07, 6.45) is 1.09. The molecular formula is C11H14FN3O2. The van der Waals surface area contributed by atoms with Crippen LogP contribution in [0.3, 0.4) is 0 Å². The number of morpholine rings is 1. The van der Waals surface area contributed by atoms with Gasteiger partial charge in [0.1, 0.15) is 11.9 Å². The summed E-state index contributed by atoms with van der Waals surface area (Å²) >= 11 is 0. The van der Waals surface area contributed by atoms with Crippen LogP contribution in [0.4, 0.5) is 4.39 Å². The lowest BCUT2D eigenvalue weighted by Gasteiger charge is -2.32. The second-order valence-electron chi connectivity index (χ2n) is 3.85. The summed E-state index contributed by atoms with van der Waals surface area (Å²) in [7, 11) is 0. The lowest BCUT2D eigenvalue weighted by Crippen LogP contribution is -2.44. The predicted octanol–water partition coefficient (Wildman–Crippen LogP) is 0.0793. The van der Waals surface area contributed by atoms with Crippen LogP contribution in [0.2, 0.25) is 0 Å². The molecule has 1 aliphatic heterocycles. The highest BCUT2D eigenvalue weighted by Gasteiger charge is 2.28. The zero-order valence-electron chi connectivity index (χ0n) is 9.30. The van der Waals surface area contributed by atoms with Gasteiger partial charge in [-0.05, 0) is 12.1 Å². The van der Waals surface area contributed by atoms with E-state index < -0.39 is 17.8 Å². The quantitative estimate of drug-likeness (QED) is 0.811. The van der Waals surface area contributed by atoms with Crippen molar-refractivity contribution in [2.75, 3.05) is 26.3 Å². The van der Waals surface area contributed by atoms with E-state index in [-0.39, 0.29) is 0 Å². The number of hydrogen-bond acceptors (Lipinski definition) is 4. The normalized spacial score (nSPS) is 18.9. The molecule has 0 bridgehead atoms. The van der Waals surface area contributed by atoms with Crippen LogP contribution >= 0.6 is 0 Å². The number of aromatic nitrogens is 1. The summed E-state index contributed by atoms with van der Waals surface area (Å²) < 4.78 is 18.0. The smallest absolute Gasteiger partial charge is 0.241 e. The van der Waals surface area contributed by atoms with Crippen LogP contribution in [0, 0.1) is 5.82 Å². The average Bonchev–Trinajstić information content (AvgIpc) is 2.33. The highest BCUT2D eigenvalue weighted by molar-refractivity contribution is 5.80. The van der Waals surface area contributed by atoms with Crippen molar-refractivity contribution in [2.24, 2.45) is 5.73 Å². The van der Waals surface area contributed by atoms with Gasteiger partial charge < -0.3 is 10.5 Å². The maximum atomic E-state index is 12.8. The van der Waals surface area contributed by atoms with E-state index in [1.165, 1.54) is 12.1 Å². The zero-order chi connectivity index (χ0) is 12.3. The third-order valence-electron chi connectivity index (χ3n) is 2.71. The van der Waals surface area contributed by atoms with E-state index in [4.69, 9.17) is 10.5 Å². The number of nitrogens with zero attached hydrogens (tertiary/aromatic N) is 2. The molecule has 5 nitrogen and oxygen atoms in total. The molecule has 1 aromatic heterocycles. The molecule has 1 fully saturated rings. The van der Waals surface area contributed by atoms with Gasteiger partial charge >= 0.3 is 0 Å². The summed E-state index contributed by atoms with van der Waals surface area (Å²) in [5.41, 5.74) is 5.86. The van der Waals surface area contributed by atoms with Crippen molar-refractivity contribution >= 4 is 5.91 Å². The van der Waals surface area contributed by atoms with E-state index in [0.29, 0.717) is 32.0 Å². The minimum absolute atomic E-state index is 0.432. The summed E-state index contributed by atoms with van der Waals surface area (Å²) in [6, 6.07) is 2.15. The van der Waals surface area contributed by atoms with E-state index in [9.17, 15) is 9.18 Å². The number of amides is 1. The summed E-state index contributed by atoms with van der Waals surface area (Å²) in [4.78, 5) is 17.3. The van der Waals surface area contributed by atoms with Crippen LogP contribution in [0.15, 0.2) is 18.3 Å². The average molecular weight is 239 g/mol. The number of nitrogens with two attached hydrogens (primary N) is 1. The first kappa shape index (κ1) is 11.9. The Labute approximate surface area is 98.4 Å². The molecule has 0 saturated carbocycles. The van der Waals surface area contributed by atoms with Crippen LogP contribution in [0.5, 0.6) is 0 Å². The molecule has 1 saturated heterocycles. The van der Waals surface area contributed by atoms with Gasteiger partial charge in [-0.25, -0.2) is 4.39 Å². The van der Waals surface area contributed by atoms with E-state index in [1.54, 1.807) is 0 Å². The van der Waals surface area contributed by atoms with Crippen LogP contribution < -0.4 is 5.73 Å². The van der Waals surface area contributed by atoms with Crippen LogP contribution in [-0.2, 0) is 9.53 Å². The first-order valence-corrected chi connectivity index (χ1v) is 5.41. The number of carbonyl (C=O) groups is 1. The van der Waals surface area contributed by atoms with Crippen LogP contribution in [-0.4, -0.2) is 42.1 Å². The monoisotopic (exact) mass is 239 g/mol. The van der Waals surface area contributed by atoms with Gasteiger partial charge in [-0.1, -0.05) is 0 Å². The lowest BCUT2D eigenvalue weighted by atomic mass is 10.1. The minimum Gasteiger partial charge on any atom is -0.379 e. The number of pyridine rings is 1. The van der Waals surface area contributed by atoms with E-state index in [1.807, 2.05) is 4.90 Å². The van der Waals surface area contributed by atoms with Gasteiger partial charge in [0.15, 0.2) is 0 Å². The van der Waals surface area contributed by atoms with Crippen LogP contribution in [0.25, 0.3) is 0 Å². The molecular weight excluding hydrogens is 225 g/mol. The third kappa shape index (κ3) is 2.78. The number of rotatable bonds is 3. The fraction of sp³-hybridized carbons (Fsp3) is 0.455. The Balaban J connectivity index is 2.21. The molecule has 0 aromatic carbocycles. The van der Waals surface area contributed by atoms with Gasteiger partial charge in [0.25, 0.3) is 0 Å². The standard InChI is InChI=1S/C11H14FN3O2/c12-8-1-2-9(14-7-8)10(11(13)16)15-3-5-17-6-4-15/h1-2,7,10H,3-6H2,(H2,13,16). The molecule has 0 aliphatic carbocycles. The maximum Gasteiger partial charge on any atom is 0.241 e. The molecule has 92 valence electrons. The van der Waals surface area contributed by atoms with Crippen molar-refractivity contribution < 1.29 is 13.9 Å². The van der Waals surface area contributed by atoms with Crippen LogP contribution in [0.1, 0.15) is 11.7 Å². The molecule has 1 aliphatic rings. The zero-order valence-corrected chi connectivity index (χ0v) is 9.30. The summed E-state index contributed by atoms with van der Waals surface area (Å²) in [5, 5.41) is 0. The lowest BCUT2D eigenvalue weighted by molar-refractivity contribution is -0.125. The van der Waals surface area contributed by atoms with Crippen molar-refractivity contribution in [2.45, 2.75) is 6.04 Å². The van der Waals surface area contributed by atoms with Crippen molar-refractivity contribution in [3.05, 3.63) is 29.8 Å². The summed E-state index contributed by atoms with van der Waals surface area (Å²) in [5.74, 6) is -0.912. The van der Waals surface area contributed by atoms with Crippen molar-refractivity contribution in [1.29, 1.82) is 0 Å². The van der Waals surface area contributed by atoms with Crippen molar-refractivity contribution in [3.63, 3.8) is 0 Å². The number of hydrogen-bond donors (Lipinski definition) is 1. The van der Waals surface area contributed by atoms with Gasteiger partial charge in [0.2, 0.25) is 5.91 Å². The van der Waals surface area contributed by atoms with Crippen molar-refractivity contribution in [3.8, 4) is 0 Å². The Kier molecular flexibility index (Phi) is 3.65. The Morgan fingerprint density at radius 2 is 2.18 bits per heavy atom. The summed E-state index contributed by atoms with van der Waals surface area (Å²) in [6.45, 7) is 2.36. The molecule has 0 radical (unpaired) electrons. The molecule has 1 amide bonds. The number of halogens is 1. The SMILES string of the molecule is NC(=O)C(c1ccc(F)cn1)N1CCOCC1. The number of primary amides is 1. The minimum atomic E-state index is -0.612. The Morgan fingerprint density at radius 3 is 2.71 bits per heavy atom.